The third-order valence-corrected chi connectivity index (χ3v) is 4.32. The zero-order chi connectivity index (χ0) is 14.7. The second-order valence-electron chi connectivity index (χ2n) is 5.61. The van der Waals surface area contributed by atoms with Crippen molar-refractivity contribution in [1.29, 1.82) is 0 Å². The molecule has 0 atom stereocenters. The molecule has 3 rings (SSSR count). The number of benzene rings is 1. The predicted octanol–water partition coefficient (Wildman–Crippen LogP) is 3.06. The van der Waals surface area contributed by atoms with E-state index in [4.69, 9.17) is 4.52 Å². The minimum atomic E-state index is 0.887. The molecule has 1 fully saturated rings. The minimum Gasteiger partial charge on any atom is -0.361 e. The zero-order valence-corrected chi connectivity index (χ0v) is 13.8. The molecule has 1 aromatic carbocycles. The van der Waals surface area contributed by atoms with Gasteiger partial charge in [0.2, 0.25) is 0 Å². The summed E-state index contributed by atoms with van der Waals surface area (Å²) in [7, 11) is 0. The first-order valence-electron chi connectivity index (χ1n) is 7.30. The van der Waals surface area contributed by atoms with E-state index in [1.54, 1.807) is 0 Å². The first-order valence-corrected chi connectivity index (χ1v) is 8.10. The number of aromatic nitrogens is 1. The largest absolute Gasteiger partial charge is 0.361 e. The molecule has 4 nitrogen and oxygen atoms in total. The van der Waals surface area contributed by atoms with E-state index in [1.165, 1.54) is 5.56 Å². The molecule has 0 aliphatic carbocycles. The maximum Gasteiger partial charge on any atom is 0.133 e. The van der Waals surface area contributed by atoms with E-state index < -0.39 is 0 Å². The monoisotopic (exact) mass is 349 g/mol. The van der Waals surface area contributed by atoms with E-state index in [-0.39, 0.29) is 0 Å². The summed E-state index contributed by atoms with van der Waals surface area (Å²) in [6, 6.07) is 10.6. The number of hydrogen-bond acceptors (Lipinski definition) is 4. The van der Waals surface area contributed by atoms with Crippen molar-refractivity contribution in [3.63, 3.8) is 0 Å². The van der Waals surface area contributed by atoms with Gasteiger partial charge < -0.3 is 4.52 Å². The van der Waals surface area contributed by atoms with Crippen LogP contribution in [0.2, 0.25) is 0 Å². The number of halogens is 1. The van der Waals surface area contributed by atoms with Gasteiger partial charge in [-0.2, -0.15) is 0 Å². The Morgan fingerprint density at radius 3 is 2.43 bits per heavy atom. The van der Waals surface area contributed by atoms with Crippen molar-refractivity contribution in [2.45, 2.75) is 20.0 Å². The number of nitrogens with zero attached hydrogens (tertiary/aromatic N) is 3. The Labute approximate surface area is 133 Å². The summed E-state index contributed by atoms with van der Waals surface area (Å²) in [4.78, 5) is 4.95. The van der Waals surface area contributed by atoms with Gasteiger partial charge in [-0.15, -0.1) is 0 Å². The highest BCUT2D eigenvalue weighted by molar-refractivity contribution is 9.10. The van der Waals surface area contributed by atoms with Crippen LogP contribution in [0.5, 0.6) is 0 Å². The van der Waals surface area contributed by atoms with Crippen LogP contribution in [0, 0.1) is 6.92 Å². The van der Waals surface area contributed by atoms with Gasteiger partial charge in [0.15, 0.2) is 0 Å². The van der Waals surface area contributed by atoms with E-state index in [0.717, 1.165) is 55.2 Å². The molecule has 0 bridgehead atoms. The Morgan fingerprint density at radius 1 is 1.10 bits per heavy atom. The van der Waals surface area contributed by atoms with Crippen molar-refractivity contribution < 1.29 is 4.52 Å². The Balaban J connectivity index is 1.48. The molecule has 0 saturated carbocycles. The van der Waals surface area contributed by atoms with Crippen molar-refractivity contribution in [2.24, 2.45) is 0 Å². The lowest BCUT2D eigenvalue weighted by atomic mass is 10.2. The predicted molar refractivity (Wildman–Crippen MR) is 85.9 cm³/mol. The number of piperazine rings is 1. The van der Waals surface area contributed by atoms with Gasteiger partial charge in [-0.1, -0.05) is 33.2 Å². The van der Waals surface area contributed by atoms with Crippen LogP contribution in [-0.2, 0) is 13.1 Å². The van der Waals surface area contributed by atoms with Gasteiger partial charge in [0.05, 0.1) is 5.69 Å². The normalized spacial score (nSPS) is 17.2. The maximum atomic E-state index is 5.13. The highest BCUT2D eigenvalue weighted by atomic mass is 79.9. The lowest BCUT2D eigenvalue weighted by Gasteiger charge is -2.34. The third kappa shape index (κ3) is 4.15. The van der Waals surface area contributed by atoms with Crippen molar-refractivity contribution in [3.8, 4) is 0 Å². The Kier molecular flexibility index (Phi) is 4.73. The lowest BCUT2D eigenvalue weighted by molar-refractivity contribution is 0.120. The minimum absolute atomic E-state index is 0.887. The molecule has 0 spiro atoms. The quantitative estimate of drug-likeness (QED) is 0.849. The van der Waals surface area contributed by atoms with E-state index in [2.05, 4.69) is 55.2 Å². The molecule has 21 heavy (non-hydrogen) atoms. The van der Waals surface area contributed by atoms with Gasteiger partial charge in [-0.3, -0.25) is 9.80 Å². The average molecular weight is 350 g/mol. The molecule has 1 aliphatic rings. The van der Waals surface area contributed by atoms with E-state index >= 15 is 0 Å². The van der Waals surface area contributed by atoms with Gasteiger partial charge >= 0.3 is 0 Å². The SMILES string of the molecule is Cc1cc(CN2CCN(Cc3cccc(Br)c3)CC2)no1. The molecule has 0 amide bonds. The van der Waals surface area contributed by atoms with Crippen LogP contribution in [0.15, 0.2) is 39.3 Å². The fourth-order valence-electron chi connectivity index (χ4n) is 2.72. The van der Waals surface area contributed by atoms with Crippen LogP contribution in [0.1, 0.15) is 17.0 Å². The summed E-state index contributed by atoms with van der Waals surface area (Å²) >= 11 is 3.53. The molecule has 0 unspecified atom stereocenters. The van der Waals surface area contributed by atoms with Crippen LogP contribution in [0.25, 0.3) is 0 Å². The number of rotatable bonds is 4. The molecule has 0 N–H and O–H groups in total. The highest BCUT2D eigenvalue weighted by Crippen LogP contribution is 2.15. The van der Waals surface area contributed by atoms with Crippen LogP contribution in [0.3, 0.4) is 0 Å². The highest BCUT2D eigenvalue weighted by Gasteiger charge is 2.18. The molecule has 5 heteroatoms. The summed E-state index contributed by atoms with van der Waals surface area (Å²) in [5, 5.41) is 4.07. The Morgan fingerprint density at radius 2 is 1.81 bits per heavy atom. The summed E-state index contributed by atoms with van der Waals surface area (Å²) in [5.74, 6) is 0.887. The third-order valence-electron chi connectivity index (χ3n) is 3.82. The van der Waals surface area contributed by atoms with Crippen molar-refractivity contribution in [2.75, 3.05) is 26.2 Å². The first kappa shape index (κ1) is 14.8. The molecular weight excluding hydrogens is 330 g/mol. The topological polar surface area (TPSA) is 32.5 Å². The molecule has 1 saturated heterocycles. The summed E-state index contributed by atoms with van der Waals surface area (Å²) in [6.45, 7) is 8.22. The van der Waals surface area contributed by atoms with Gasteiger partial charge in [-0.05, 0) is 24.6 Å². The molecule has 2 aromatic rings. The van der Waals surface area contributed by atoms with Gasteiger partial charge in [-0.25, -0.2) is 0 Å². The van der Waals surface area contributed by atoms with Crippen LogP contribution in [-0.4, -0.2) is 41.1 Å². The second-order valence-corrected chi connectivity index (χ2v) is 6.53. The molecule has 2 heterocycles. The van der Waals surface area contributed by atoms with Crippen molar-refractivity contribution >= 4 is 15.9 Å². The average Bonchev–Trinajstić information content (AvgIpc) is 2.86. The molecule has 0 radical (unpaired) electrons. The van der Waals surface area contributed by atoms with Crippen molar-refractivity contribution in [3.05, 3.63) is 51.8 Å². The lowest BCUT2D eigenvalue weighted by Crippen LogP contribution is -2.45. The second kappa shape index (κ2) is 6.73. The van der Waals surface area contributed by atoms with Crippen LogP contribution >= 0.6 is 15.9 Å². The molecule has 112 valence electrons. The molecule has 1 aliphatic heterocycles. The van der Waals surface area contributed by atoms with Crippen LogP contribution in [0.4, 0.5) is 0 Å². The summed E-state index contributed by atoms with van der Waals surface area (Å²) in [6.07, 6.45) is 0. The Bertz CT molecular complexity index is 591. The maximum absolute atomic E-state index is 5.13. The molecular formula is C16H20BrN3O. The van der Waals surface area contributed by atoms with Crippen LogP contribution < -0.4 is 0 Å². The standard InChI is InChI=1S/C16H20BrN3O/c1-13-9-16(18-21-13)12-20-7-5-19(6-8-20)11-14-3-2-4-15(17)10-14/h2-4,9-10H,5-8,11-12H2,1H3. The van der Waals surface area contributed by atoms with Gasteiger partial charge in [0.25, 0.3) is 0 Å². The van der Waals surface area contributed by atoms with E-state index in [0.29, 0.717) is 0 Å². The summed E-state index contributed by atoms with van der Waals surface area (Å²) < 4.78 is 6.28. The van der Waals surface area contributed by atoms with E-state index in [1.807, 2.05) is 13.0 Å². The zero-order valence-electron chi connectivity index (χ0n) is 12.3. The van der Waals surface area contributed by atoms with Crippen molar-refractivity contribution in [1.82, 2.24) is 15.0 Å². The fourth-order valence-corrected chi connectivity index (χ4v) is 3.17. The van der Waals surface area contributed by atoms with Gasteiger partial charge in [0.1, 0.15) is 5.76 Å². The first-order chi connectivity index (χ1) is 10.2. The number of aryl methyl sites for hydroxylation is 1. The fraction of sp³-hybridized carbons (Fsp3) is 0.438. The summed E-state index contributed by atoms with van der Waals surface area (Å²) in [5.41, 5.74) is 2.40. The Hall–Kier alpha value is -1.17. The molecule has 1 aromatic heterocycles. The number of hydrogen-bond donors (Lipinski definition) is 0. The van der Waals surface area contributed by atoms with E-state index in [9.17, 15) is 0 Å². The smallest absolute Gasteiger partial charge is 0.133 e. The van der Waals surface area contributed by atoms with Gasteiger partial charge in [0, 0.05) is 49.8 Å².